The van der Waals surface area contributed by atoms with E-state index < -0.39 is 14.9 Å². The van der Waals surface area contributed by atoms with Gasteiger partial charge in [-0.25, -0.2) is 13.1 Å². The number of nitro groups is 1. The Hall–Kier alpha value is -1.55. The quantitative estimate of drug-likeness (QED) is 0.397. The van der Waals surface area contributed by atoms with Gasteiger partial charge in [0.2, 0.25) is 10.0 Å². The SMILES string of the molecule is CCC(C)(CCCNS(=O)(=O)c1cc([N+](=O)[O-])ccc1C)C1OCCO1. The second-order valence-corrected chi connectivity index (χ2v) is 8.52. The number of benzene rings is 1. The second kappa shape index (κ2) is 8.43. The molecule has 0 aromatic heterocycles. The van der Waals surface area contributed by atoms with E-state index in [9.17, 15) is 18.5 Å². The van der Waals surface area contributed by atoms with Gasteiger partial charge in [0.15, 0.2) is 6.29 Å². The molecule has 8 nitrogen and oxygen atoms in total. The fraction of sp³-hybridized carbons (Fsp3) is 0.647. The molecule has 0 amide bonds. The number of nitrogens with zero attached hydrogens (tertiary/aromatic N) is 1. The molecule has 9 heteroatoms. The average molecular weight is 386 g/mol. The van der Waals surface area contributed by atoms with E-state index in [0.29, 0.717) is 25.2 Å². The summed E-state index contributed by atoms with van der Waals surface area (Å²) in [4.78, 5) is 10.2. The van der Waals surface area contributed by atoms with Crippen LogP contribution in [0, 0.1) is 22.5 Å². The van der Waals surface area contributed by atoms with Crippen LogP contribution in [0.2, 0.25) is 0 Å². The molecule has 1 heterocycles. The summed E-state index contributed by atoms with van der Waals surface area (Å²) in [7, 11) is -3.81. The monoisotopic (exact) mass is 386 g/mol. The molecule has 0 aliphatic carbocycles. The zero-order chi connectivity index (χ0) is 19.4. The summed E-state index contributed by atoms with van der Waals surface area (Å²) in [5.41, 5.74) is 0.0444. The maximum Gasteiger partial charge on any atom is 0.270 e. The van der Waals surface area contributed by atoms with E-state index in [1.807, 2.05) is 0 Å². The molecule has 1 fully saturated rings. The predicted octanol–water partition coefficient (Wildman–Crippen LogP) is 2.75. The van der Waals surface area contributed by atoms with Gasteiger partial charge >= 0.3 is 0 Å². The molecule has 26 heavy (non-hydrogen) atoms. The van der Waals surface area contributed by atoms with Crippen molar-refractivity contribution in [3.05, 3.63) is 33.9 Å². The Balaban J connectivity index is 1.98. The van der Waals surface area contributed by atoms with Gasteiger partial charge in [0.1, 0.15) is 0 Å². The van der Waals surface area contributed by atoms with E-state index >= 15 is 0 Å². The van der Waals surface area contributed by atoms with Crippen molar-refractivity contribution in [2.24, 2.45) is 5.41 Å². The minimum absolute atomic E-state index is 0.0626. The highest BCUT2D eigenvalue weighted by atomic mass is 32.2. The van der Waals surface area contributed by atoms with Crippen LogP contribution in [-0.2, 0) is 19.5 Å². The number of nitrogens with one attached hydrogen (secondary N) is 1. The van der Waals surface area contributed by atoms with Crippen molar-refractivity contribution in [1.29, 1.82) is 0 Å². The van der Waals surface area contributed by atoms with E-state index in [2.05, 4.69) is 18.6 Å². The van der Waals surface area contributed by atoms with Gasteiger partial charge in [-0.3, -0.25) is 10.1 Å². The summed E-state index contributed by atoms with van der Waals surface area (Å²) in [6.45, 7) is 7.15. The lowest BCUT2D eigenvalue weighted by molar-refractivity contribution is -0.385. The average Bonchev–Trinajstić information content (AvgIpc) is 3.14. The molecular weight excluding hydrogens is 360 g/mol. The molecule has 0 bridgehead atoms. The number of nitro benzene ring substituents is 1. The normalized spacial score (nSPS) is 18.0. The fourth-order valence-electron chi connectivity index (χ4n) is 2.99. The van der Waals surface area contributed by atoms with Crippen molar-refractivity contribution in [1.82, 2.24) is 4.72 Å². The van der Waals surface area contributed by atoms with Crippen molar-refractivity contribution >= 4 is 15.7 Å². The number of rotatable bonds is 9. The highest BCUT2D eigenvalue weighted by Gasteiger charge is 2.36. The van der Waals surface area contributed by atoms with Gasteiger partial charge in [0.25, 0.3) is 5.69 Å². The zero-order valence-corrected chi connectivity index (χ0v) is 16.2. The highest BCUT2D eigenvalue weighted by Crippen LogP contribution is 2.35. The summed E-state index contributed by atoms with van der Waals surface area (Å²) in [6, 6.07) is 3.83. The maximum atomic E-state index is 12.5. The minimum atomic E-state index is -3.81. The zero-order valence-electron chi connectivity index (χ0n) is 15.4. The first-order chi connectivity index (χ1) is 12.2. The third-order valence-corrected chi connectivity index (χ3v) is 6.49. The molecule has 1 N–H and O–H groups in total. The Morgan fingerprint density at radius 3 is 2.58 bits per heavy atom. The van der Waals surface area contributed by atoms with Gasteiger partial charge in [-0.2, -0.15) is 0 Å². The Bertz CT molecular complexity index is 746. The summed E-state index contributed by atoms with van der Waals surface area (Å²) in [5.74, 6) is 0. The number of hydrogen-bond donors (Lipinski definition) is 1. The molecule has 1 unspecified atom stereocenters. The molecule has 1 aliphatic heterocycles. The predicted molar refractivity (Wildman–Crippen MR) is 96.3 cm³/mol. The van der Waals surface area contributed by atoms with Gasteiger partial charge in [0, 0.05) is 24.1 Å². The molecular formula is C17H26N2O6S. The van der Waals surface area contributed by atoms with Crippen LogP contribution in [0.4, 0.5) is 5.69 Å². The third kappa shape index (κ3) is 4.79. The van der Waals surface area contributed by atoms with Crippen molar-refractivity contribution in [3.8, 4) is 0 Å². The van der Waals surface area contributed by atoms with Crippen LogP contribution in [-0.4, -0.2) is 39.4 Å². The van der Waals surface area contributed by atoms with Crippen LogP contribution < -0.4 is 4.72 Å². The molecule has 1 aromatic carbocycles. The lowest BCUT2D eigenvalue weighted by atomic mass is 9.82. The summed E-state index contributed by atoms with van der Waals surface area (Å²) >= 11 is 0. The smallest absolute Gasteiger partial charge is 0.270 e. The van der Waals surface area contributed by atoms with E-state index in [1.165, 1.54) is 12.1 Å². The lowest BCUT2D eigenvalue weighted by Crippen LogP contribution is -2.34. The van der Waals surface area contributed by atoms with E-state index in [0.717, 1.165) is 18.9 Å². The number of sulfonamides is 1. The van der Waals surface area contributed by atoms with Gasteiger partial charge in [-0.15, -0.1) is 0 Å². The summed E-state index contributed by atoms with van der Waals surface area (Å²) in [5, 5.41) is 10.9. The largest absolute Gasteiger partial charge is 0.350 e. The molecule has 1 saturated heterocycles. The van der Waals surface area contributed by atoms with E-state index in [4.69, 9.17) is 9.47 Å². The van der Waals surface area contributed by atoms with Crippen LogP contribution in [0.1, 0.15) is 38.7 Å². The van der Waals surface area contributed by atoms with Crippen molar-refractivity contribution in [3.63, 3.8) is 0 Å². The Morgan fingerprint density at radius 1 is 1.35 bits per heavy atom. The molecule has 0 spiro atoms. The molecule has 1 aromatic rings. The van der Waals surface area contributed by atoms with Crippen molar-refractivity contribution < 1.29 is 22.8 Å². The molecule has 0 radical (unpaired) electrons. The third-order valence-electron chi connectivity index (χ3n) is 4.89. The Labute approximate surface area is 154 Å². The minimum Gasteiger partial charge on any atom is -0.350 e. The summed E-state index contributed by atoms with van der Waals surface area (Å²) < 4.78 is 38.7. The first-order valence-electron chi connectivity index (χ1n) is 8.67. The first kappa shape index (κ1) is 20.8. The second-order valence-electron chi connectivity index (χ2n) is 6.79. The van der Waals surface area contributed by atoms with Crippen LogP contribution >= 0.6 is 0 Å². The summed E-state index contributed by atoms with van der Waals surface area (Å²) in [6.07, 6.45) is 1.95. The van der Waals surface area contributed by atoms with Crippen LogP contribution in [0.15, 0.2) is 23.1 Å². The topological polar surface area (TPSA) is 108 Å². The van der Waals surface area contributed by atoms with Crippen molar-refractivity contribution in [2.45, 2.75) is 51.2 Å². The Kier molecular flexibility index (Phi) is 6.73. The number of non-ortho nitro benzene ring substituents is 1. The van der Waals surface area contributed by atoms with Gasteiger partial charge in [0.05, 0.1) is 23.0 Å². The molecule has 1 aliphatic rings. The van der Waals surface area contributed by atoms with Crippen molar-refractivity contribution in [2.75, 3.05) is 19.8 Å². The van der Waals surface area contributed by atoms with Gasteiger partial charge < -0.3 is 9.47 Å². The fourth-order valence-corrected chi connectivity index (χ4v) is 4.33. The molecule has 146 valence electrons. The van der Waals surface area contributed by atoms with Crippen LogP contribution in [0.5, 0.6) is 0 Å². The maximum absolute atomic E-state index is 12.5. The number of aryl methyl sites for hydroxylation is 1. The highest BCUT2D eigenvalue weighted by molar-refractivity contribution is 7.89. The van der Waals surface area contributed by atoms with Gasteiger partial charge in [-0.05, 0) is 31.7 Å². The lowest BCUT2D eigenvalue weighted by Gasteiger charge is -2.33. The molecule has 0 saturated carbocycles. The van der Waals surface area contributed by atoms with Gasteiger partial charge in [-0.1, -0.05) is 19.9 Å². The standard InChI is InChI=1S/C17H26N2O6S/c1-4-17(3,16-24-10-11-25-16)8-5-9-18-26(22,23)15-12-14(19(20)21)7-6-13(15)2/h6-7,12,16,18H,4-5,8-11H2,1-3H3. The number of hydrogen-bond acceptors (Lipinski definition) is 6. The van der Waals surface area contributed by atoms with Crippen LogP contribution in [0.3, 0.4) is 0 Å². The van der Waals surface area contributed by atoms with Crippen LogP contribution in [0.25, 0.3) is 0 Å². The molecule has 1 atom stereocenters. The number of ether oxygens (including phenoxy) is 2. The Morgan fingerprint density at radius 2 is 2.00 bits per heavy atom. The molecule has 2 rings (SSSR count). The van der Waals surface area contributed by atoms with E-state index in [-0.39, 0.29) is 28.8 Å². The van der Waals surface area contributed by atoms with E-state index in [1.54, 1.807) is 6.92 Å². The first-order valence-corrected chi connectivity index (χ1v) is 10.2.